The number of hydrogen-bond acceptors (Lipinski definition) is 3. The molecule has 2 aliphatic rings. The van der Waals surface area contributed by atoms with Gasteiger partial charge in [-0.05, 0) is 49.3 Å². The van der Waals surface area contributed by atoms with Crippen LogP contribution in [0.3, 0.4) is 0 Å². The van der Waals surface area contributed by atoms with Crippen LogP contribution in [0.15, 0.2) is 35.3 Å². The van der Waals surface area contributed by atoms with Gasteiger partial charge in [0.25, 0.3) is 5.91 Å². The molecule has 2 aromatic heterocycles. The number of nitrogens with zero attached hydrogens (tertiary/aromatic N) is 4. The van der Waals surface area contributed by atoms with Crippen molar-refractivity contribution in [2.24, 2.45) is 7.05 Å². The summed E-state index contributed by atoms with van der Waals surface area (Å²) >= 11 is 0. The highest BCUT2D eigenvalue weighted by Crippen LogP contribution is 2.33. The number of carbonyl (C=O) groups is 1. The maximum Gasteiger partial charge on any atom is 0.345 e. The largest absolute Gasteiger partial charge is 0.361 e. The topological polar surface area (TPSA) is 75.9 Å². The number of amides is 1. The van der Waals surface area contributed by atoms with E-state index < -0.39 is 0 Å². The lowest BCUT2D eigenvalue weighted by molar-refractivity contribution is 0.0710. The van der Waals surface area contributed by atoms with E-state index in [4.69, 9.17) is 0 Å². The van der Waals surface area contributed by atoms with Crippen LogP contribution in [0.2, 0.25) is 0 Å². The van der Waals surface area contributed by atoms with Crippen molar-refractivity contribution in [3.05, 3.63) is 52.3 Å². The fraction of sp³-hybridized carbons (Fsp3) is 0.500. The van der Waals surface area contributed by atoms with E-state index in [9.17, 15) is 9.59 Å². The van der Waals surface area contributed by atoms with Gasteiger partial charge in [0.15, 0.2) is 0 Å². The van der Waals surface area contributed by atoms with Gasteiger partial charge in [-0.1, -0.05) is 18.9 Å². The predicted octanol–water partition coefficient (Wildman–Crippen LogP) is 3.20. The minimum absolute atomic E-state index is 0.00431. The molecule has 152 valence electrons. The number of likely N-dealkylation sites (tertiary alicyclic amines) is 1. The van der Waals surface area contributed by atoms with Crippen LogP contribution in [0.5, 0.6) is 0 Å². The average molecular weight is 393 g/mol. The molecule has 0 radical (unpaired) electrons. The number of hydrogen-bond donors (Lipinski definition) is 1. The van der Waals surface area contributed by atoms with Gasteiger partial charge in [0, 0.05) is 49.4 Å². The number of nitrogens with one attached hydrogen (secondary N) is 1. The first kappa shape index (κ1) is 18.2. The first-order valence-corrected chi connectivity index (χ1v) is 10.6. The van der Waals surface area contributed by atoms with Gasteiger partial charge in [-0.2, -0.15) is 5.10 Å². The van der Waals surface area contributed by atoms with Crippen LogP contribution in [-0.4, -0.2) is 43.2 Å². The molecular formula is C22H27N5O2. The van der Waals surface area contributed by atoms with Crippen molar-refractivity contribution in [2.75, 3.05) is 13.1 Å². The van der Waals surface area contributed by atoms with E-state index >= 15 is 0 Å². The Bertz CT molecular complexity index is 1090. The second-order valence-electron chi connectivity index (χ2n) is 8.42. The molecule has 1 aromatic carbocycles. The fourth-order valence-electron chi connectivity index (χ4n) is 4.99. The lowest BCUT2D eigenvalue weighted by atomic mass is 9.95. The summed E-state index contributed by atoms with van der Waals surface area (Å²) in [6, 6.07) is 8.12. The summed E-state index contributed by atoms with van der Waals surface area (Å²) in [5.41, 5.74) is 1.71. The molecule has 1 N–H and O–H groups in total. The molecule has 0 spiro atoms. The van der Waals surface area contributed by atoms with Gasteiger partial charge in [-0.15, -0.1) is 0 Å². The van der Waals surface area contributed by atoms with Gasteiger partial charge < -0.3 is 9.88 Å². The number of aromatic nitrogens is 4. The minimum Gasteiger partial charge on any atom is -0.361 e. The molecule has 1 saturated carbocycles. The number of carbonyl (C=O) groups excluding carboxylic acids is 1. The fourth-order valence-corrected chi connectivity index (χ4v) is 4.99. The maximum atomic E-state index is 13.0. The predicted molar refractivity (Wildman–Crippen MR) is 111 cm³/mol. The molecule has 5 rings (SSSR count). The standard InChI is InChI=1S/C22H27N5O2/c1-25-22(29)27(18-4-2-3-5-18)20(24-25)16-9-12-26(13-10-16)21(28)17-7-6-15-8-11-23-19(15)14-17/h6-8,11,14,16,18,23H,2-5,9-10,12-13H2,1H3. The summed E-state index contributed by atoms with van der Waals surface area (Å²) in [6.07, 6.45) is 8.09. The normalized spacial score (nSPS) is 18.7. The van der Waals surface area contributed by atoms with Gasteiger partial charge in [0.05, 0.1) is 0 Å². The molecule has 1 amide bonds. The minimum atomic E-state index is 0.00431. The van der Waals surface area contributed by atoms with Crippen LogP contribution >= 0.6 is 0 Å². The van der Waals surface area contributed by atoms with Crippen LogP contribution in [0.4, 0.5) is 0 Å². The summed E-state index contributed by atoms with van der Waals surface area (Å²) in [4.78, 5) is 30.7. The summed E-state index contributed by atoms with van der Waals surface area (Å²) in [5, 5.41) is 5.71. The Labute approximate surface area is 169 Å². The summed E-state index contributed by atoms with van der Waals surface area (Å²) in [6.45, 7) is 1.39. The Morgan fingerprint density at radius 1 is 1.10 bits per heavy atom. The smallest absolute Gasteiger partial charge is 0.345 e. The SMILES string of the molecule is Cn1nc(C2CCN(C(=O)c3ccc4cc[nH]c4c3)CC2)n(C2CCCC2)c1=O. The number of piperidine rings is 1. The molecule has 1 aliphatic heterocycles. The van der Waals surface area contributed by atoms with Crippen LogP contribution < -0.4 is 5.69 Å². The lowest BCUT2D eigenvalue weighted by Crippen LogP contribution is -2.38. The molecule has 0 bridgehead atoms. The van der Waals surface area contributed by atoms with Crippen molar-refractivity contribution >= 4 is 16.8 Å². The number of H-pyrrole nitrogens is 1. The first-order valence-electron chi connectivity index (χ1n) is 10.6. The Balaban J connectivity index is 1.32. The number of aromatic amines is 1. The summed E-state index contributed by atoms with van der Waals surface area (Å²) in [5.74, 6) is 1.23. The Morgan fingerprint density at radius 2 is 1.86 bits per heavy atom. The Kier molecular flexibility index (Phi) is 4.53. The van der Waals surface area contributed by atoms with E-state index in [1.165, 1.54) is 17.5 Å². The molecule has 0 unspecified atom stereocenters. The molecule has 2 fully saturated rings. The van der Waals surface area contributed by atoms with Crippen LogP contribution in [0, 0.1) is 0 Å². The molecule has 3 aromatic rings. The van der Waals surface area contributed by atoms with Crippen molar-refractivity contribution in [2.45, 2.75) is 50.5 Å². The van der Waals surface area contributed by atoms with Crippen LogP contribution in [0.1, 0.15) is 66.7 Å². The second kappa shape index (κ2) is 7.21. The molecule has 3 heterocycles. The van der Waals surface area contributed by atoms with Crippen molar-refractivity contribution in [1.29, 1.82) is 0 Å². The average Bonchev–Trinajstić information content (AvgIpc) is 3.48. The monoisotopic (exact) mass is 393 g/mol. The third-order valence-electron chi connectivity index (χ3n) is 6.62. The van der Waals surface area contributed by atoms with Crippen molar-refractivity contribution in [1.82, 2.24) is 24.2 Å². The van der Waals surface area contributed by atoms with Crippen molar-refractivity contribution in [3.8, 4) is 0 Å². The molecule has 1 saturated heterocycles. The number of aryl methyl sites for hydroxylation is 1. The van der Waals surface area contributed by atoms with Gasteiger partial charge in [-0.3, -0.25) is 9.36 Å². The zero-order valence-electron chi connectivity index (χ0n) is 16.8. The Morgan fingerprint density at radius 3 is 2.62 bits per heavy atom. The third kappa shape index (κ3) is 3.18. The molecule has 7 nitrogen and oxygen atoms in total. The summed E-state index contributed by atoms with van der Waals surface area (Å²) in [7, 11) is 1.74. The number of benzene rings is 1. The van der Waals surface area contributed by atoms with E-state index in [0.717, 1.165) is 48.0 Å². The molecule has 29 heavy (non-hydrogen) atoms. The molecule has 1 aliphatic carbocycles. The van der Waals surface area contributed by atoms with Crippen molar-refractivity contribution < 1.29 is 4.79 Å². The van der Waals surface area contributed by atoms with Crippen LogP contribution in [-0.2, 0) is 7.05 Å². The second-order valence-corrected chi connectivity index (χ2v) is 8.42. The van der Waals surface area contributed by atoms with E-state index in [1.54, 1.807) is 7.05 Å². The van der Waals surface area contributed by atoms with Gasteiger partial charge in [-0.25, -0.2) is 9.48 Å². The van der Waals surface area contributed by atoms with Gasteiger partial charge in [0.2, 0.25) is 0 Å². The highest BCUT2D eigenvalue weighted by molar-refractivity contribution is 5.98. The Hall–Kier alpha value is -2.83. The zero-order valence-corrected chi connectivity index (χ0v) is 16.8. The highest BCUT2D eigenvalue weighted by Gasteiger charge is 2.31. The number of fused-ring (bicyclic) bond motifs is 1. The van der Waals surface area contributed by atoms with Gasteiger partial charge >= 0.3 is 5.69 Å². The van der Waals surface area contributed by atoms with E-state index in [0.29, 0.717) is 19.1 Å². The molecular weight excluding hydrogens is 366 g/mol. The number of rotatable bonds is 3. The summed E-state index contributed by atoms with van der Waals surface area (Å²) < 4.78 is 3.44. The highest BCUT2D eigenvalue weighted by atomic mass is 16.2. The van der Waals surface area contributed by atoms with E-state index in [1.807, 2.05) is 39.9 Å². The zero-order chi connectivity index (χ0) is 20.0. The van der Waals surface area contributed by atoms with E-state index in [2.05, 4.69) is 10.1 Å². The van der Waals surface area contributed by atoms with E-state index in [-0.39, 0.29) is 17.5 Å². The maximum absolute atomic E-state index is 13.0. The lowest BCUT2D eigenvalue weighted by Gasteiger charge is -2.32. The quantitative estimate of drug-likeness (QED) is 0.742. The van der Waals surface area contributed by atoms with Gasteiger partial charge in [0.1, 0.15) is 5.82 Å². The first-order chi connectivity index (χ1) is 14.1. The van der Waals surface area contributed by atoms with Crippen LogP contribution in [0.25, 0.3) is 10.9 Å². The molecule has 7 heteroatoms. The molecule has 0 atom stereocenters. The third-order valence-corrected chi connectivity index (χ3v) is 6.62. The van der Waals surface area contributed by atoms with Crippen molar-refractivity contribution in [3.63, 3.8) is 0 Å².